The Balaban J connectivity index is 2.04. The van der Waals surface area contributed by atoms with Crippen LogP contribution in [0.25, 0.3) is 0 Å². The normalized spacial score (nSPS) is 26.4. The van der Waals surface area contributed by atoms with Gasteiger partial charge in [0.25, 0.3) is 5.69 Å². The molecule has 0 amide bonds. The fourth-order valence-electron chi connectivity index (χ4n) is 2.08. The van der Waals surface area contributed by atoms with E-state index in [9.17, 15) is 15.2 Å². The zero-order valence-corrected chi connectivity index (χ0v) is 10.9. The fraction of sp³-hybridized carbons (Fsp3) is 0.583. The Hall–Kier alpha value is -1.73. The molecule has 104 valence electrons. The maximum Gasteiger partial charge on any atom is 0.290 e. The Labute approximate surface area is 110 Å². The van der Waals surface area contributed by atoms with Crippen LogP contribution in [-0.4, -0.2) is 39.9 Å². The van der Waals surface area contributed by atoms with Gasteiger partial charge in [-0.05, 0) is 19.9 Å². The zero-order chi connectivity index (χ0) is 14.0. The molecule has 1 saturated heterocycles. The van der Waals surface area contributed by atoms with Crippen LogP contribution in [0.2, 0.25) is 0 Å². The van der Waals surface area contributed by atoms with Gasteiger partial charge >= 0.3 is 0 Å². The number of pyridine rings is 1. The molecule has 2 atom stereocenters. The lowest BCUT2D eigenvalue weighted by Crippen LogP contribution is -2.43. The number of aromatic nitrogens is 1. The zero-order valence-electron chi connectivity index (χ0n) is 10.9. The Morgan fingerprint density at radius 1 is 1.74 bits per heavy atom. The van der Waals surface area contributed by atoms with Crippen LogP contribution in [0.1, 0.15) is 18.9 Å². The maximum absolute atomic E-state index is 10.7. The quantitative estimate of drug-likeness (QED) is 0.629. The van der Waals surface area contributed by atoms with Gasteiger partial charge in [-0.1, -0.05) is 0 Å². The number of aryl methyl sites for hydroxylation is 1. The highest BCUT2D eigenvalue weighted by Gasteiger charge is 2.39. The van der Waals surface area contributed by atoms with E-state index in [1.807, 2.05) is 6.92 Å². The summed E-state index contributed by atoms with van der Waals surface area (Å²) < 4.78 is 5.33. The SMILES string of the molecule is Cc1cc(NCC2(O)CCOC2C)ncc1[N+](=O)[O-]. The Morgan fingerprint density at radius 3 is 3.00 bits per heavy atom. The molecule has 2 unspecified atom stereocenters. The summed E-state index contributed by atoms with van der Waals surface area (Å²) in [7, 11) is 0. The standard InChI is InChI=1S/C12H17N3O4/c1-8-5-11(13-6-10(8)15(17)18)14-7-12(16)3-4-19-9(12)2/h5-6,9,16H,3-4,7H2,1-2H3,(H,13,14). The highest BCUT2D eigenvalue weighted by atomic mass is 16.6. The van der Waals surface area contributed by atoms with E-state index in [4.69, 9.17) is 4.74 Å². The third kappa shape index (κ3) is 2.82. The fourth-order valence-corrected chi connectivity index (χ4v) is 2.08. The average Bonchev–Trinajstić information content (AvgIpc) is 2.67. The molecule has 0 bridgehead atoms. The summed E-state index contributed by atoms with van der Waals surface area (Å²) in [6, 6.07) is 1.60. The summed E-state index contributed by atoms with van der Waals surface area (Å²) in [4.78, 5) is 14.2. The van der Waals surface area contributed by atoms with E-state index in [1.54, 1.807) is 13.0 Å². The van der Waals surface area contributed by atoms with Crippen molar-refractivity contribution in [3.8, 4) is 0 Å². The van der Waals surface area contributed by atoms with Crippen molar-refractivity contribution in [2.24, 2.45) is 0 Å². The van der Waals surface area contributed by atoms with Gasteiger partial charge in [-0.2, -0.15) is 0 Å². The number of ether oxygens (including phenoxy) is 1. The highest BCUT2D eigenvalue weighted by Crippen LogP contribution is 2.26. The van der Waals surface area contributed by atoms with Gasteiger partial charge in [0.2, 0.25) is 0 Å². The second-order valence-corrected chi connectivity index (χ2v) is 4.83. The Kier molecular flexibility index (Phi) is 3.68. The van der Waals surface area contributed by atoms with Crippen molar-refractivity contribution in [1.29, 1.82) is 0 Å². The molecule has 0 saturated carbocycles. The van der Waals surface area contributed by atoms with E-state index < -0.39 is 10.5 Å². The van der Waals surface area contributed by atoms with Crippen LogP contribution in [0.5, 0.6) is 0 Å². The molecule has 7 nitrogen and oxygen atoms in total. The summed E-state index contributed by atoms with van der Waals surface area (Å²) >= 11 is 0. The molecule has 0 radical (unpaired) electrons. The third-order valence-corrected chi connectivity index (χ3v) is 3.52. The smallest absolute Gasteiger partial charge is 0.290 e. The number of hydrogen-bond donors (Lipinski definition) is 2. The predicted molar refractivity (Wildman–Crippen MR) is 69.1 cm³/mol. The first-order valence-corrected chi connectivity index (χ1v) is 6.11. The first-order valence-electron chi connectivity index (χ1n) is 6.11. The molecule has 2 rings (SSSR count). The lowest BCUT2D eigenvalue weighted by atomic mass is 9.97. The second kappa shape index (κ2) is 5.10. The largest absolute Gasteiger partial charge is 0.385 e. The number of aliphatic hydroxyl groups is 1. The summed E-state index contributed by atoms with van der Waals surface area (Å²) in [5, 5.41) is 24.0. The van der Waals surface area contributed by atoms with Crippen LogP contribution in [0, 0.1) is 17.0 Å². The van der Waals surface area contributed by atoms with Crippen LogP contribution in [0.15, 0.2) is 12.3 Å². The van der Waals surface area contributed by atoms with Crippen LogP contribution in [0.3, 0.4) is 0 Å². The molecule has 1 fully saturated rings. The summed E-state index contributed by atoms with van der Waals surface area (Å²) in [5.41, 5.74) is -0.399. The van der Waals surface area contributed by atoms with E-state index in [2.05, 4.69) is 10.3 Å². The minimum atomic E-state index is -0.919. The molecule has 0 spiro atoms. The molecule has 2 N–H and O–H groups in total. The lowest BCUT2D eigenvalue weighted by molar-refractivity contribution is -0.385. The van der Waals surface area contributed by atoms with Gasteiger partial charge in [0.05, 0.1) is 11.0 Å². The lowest BCUT2D eigenvalue weighted by Gasteiger charge is -2.26. The molecule has 19 heavy (non-hydrogen) atoms. The summed E-state index contributed by atoms with van der Waals surface area (Å²) in [6.07, 6.45) is 1.54. The number of anilines is 1. The molecule has 2 heterocycles. The minimum Gasteiger partial charge on any atom is -0.385 e. The minimum absolute atomic E-state index is 0.0122. The second-order valence-electron chi connectivity index (χ2n) is 4.83. The van der Waals surface area contributed by atoms with Crippen LogP contribution < -0.4 is 5.32 Å². The van der Waals surface area contributed by atoms with Crippen LogP contribution in [0.4, 0.5) is 11.5 Å². The number of nitrogens with one attached hydrogen (secondary N) is 1. The van der Waals surface area contributed by atoms with Crippen molar-refractivity contribution >= 4 is 11.5 Å². The van der Waals surface area contributed by atoms with Gasteiger partial charge in [0.1, 0.15) is 17.6 Å². The van der Waals surface area contributed by atoms with Crippen molar-refractivity contribution in [2.45, 2.75) is 32.0 Å². The first-order chi connectivity index (χ1) is 8.92. The topological polar surface area (TPSA) is 97.5 Å². The predicted octanol–water partition coefficient (Wildman–Crippen LogP) is 1.25. The molecule has 0 aromatic carbocycles. The van der Waals surface area contributed by atoms with E-state index in [1.165, 1.54) is 6.20 Å². The van der Waals surface area contributed by atoms with Crippen molar-refractivity contribution < 1.29 is 14.8 Å². The molecule has 1 aliphatic rings. The van der Waals surface area contributed by atoms with Crippen molar-refractivity contribution in [3.05, 3.63) is 27.9 Å². The molecular formula is C12H17N3O4. The first kappa shape index (κ1) is 13.7. The number of rotatable bonds is 4. The van der Waals surface area contributed by atoms with E-state index in [0.717, 1.165) is 0 Å². The van der Waals surface area contributed by atoms with Gasteiger partial charge in [0, 0.05) is 25.1 Å². The number of nitro groups is 1. The Morgan fingerprint density at radius 2 is 2.47 bits per heavy atom. The van der Waals surface area contributed by atoms with E-state index in [-0.39, 0.29) is 11.8 Å². The molecule has 1 aliphatic heterocycles. The Bertz CT molecular complexity index is 494. The van der Waals surface area contributed by atoms with Crippen LogP contribution in [-0.2, 0) is 4.74 Å². The number of hydrogen-bond acceptors (Lipinski definition) is 6. The molecule has 1 aromatic rings. The van der Waals surface area contributed by atoms with Crippen molar-refractivity contribution in [3.63, 3.8) is 0 Å². The third-order valence-electron chi connectivity index (χ3n) is 3.52. The van der Waals surface area contributed by atoms with Gasteiger partial charge in [0.15, 0.2) is 0 Å². The van der Waals surface area contributed by atoms with Gasteiger partial charge in [-0.15, -0.1) is 0 Å². The maximum atomic E-state index is 10.7. The molecule has 1 aromatic heterocycles. The average molecular weight is 267 g/mol. The molecular weight excluding hydrogens is 250 g/mol. The summed E-state index contributed by atoms with van der Waals surface area (Å²) in [6.45, 7) is 4.31. The van der Waals surface area contributed by atoms with Gasteiger partial charge in [-0.25, -0.2) is 4.98 Å². The van der Waals surface area contributed by atoms with Crippen molar-refractivity contribution in [2.75, 3.05) is 18.5 Å². The van der Waals surface area contributed by atoms with Gasteiger partial charge in [-0.3, -0.25) is 10.1 Å². The van der Waals surface area contributed by atoms with Crippen LogP contribution >= 0.6 is 0 Å². The van der Waals surface area contributed by atoms with Gasteiger partial charge < -0.3 is 15.2 Å². The van der Waals surface area contributed by atoms with Crippen molar-refractivity contribution in [1.82, 2.24) is 4.98 Å². The highest BCUT2D eigenvalue weighted by molar-refractivity contribution is 5.47. The number of nitrogens with zero attached hydrogens (tertiary/aromatic N) is 2. The molecule has 7 heteroatoms. The molecule has 0 aliphatic carbocycles. The van der Waals surface area contributed by atoms with E-state index >= 15 is 0 Å². The van der Waals surface area contributed by atoms with E-state index in [0.29, 0.717) is 31.0 Å². The summed E-state index contributed by atoms with van der Waals surface area (Å²) in [5.74, 6) is 0.510. The monoisotopic (exact) mass is 267 g/mol.